The average Bonchev–Trinajstić information content (AvgIpc) is 2.77. The van der Waals surface area contributed by atoms with Crippen molar-refractivity contribution >= 4 is 50.3 Å². The molecule has 0 fully saturated rings. The van der Waals surface area contributed by atoms with E-state index in [-0.39, 0.29) is 30.5 Å². The Kier molecular flexibility index (Phi) is 7.77. The van der Waals surface area contributed by atoms with E-state index >= 15 is 0 Å². The maximum absolute atomic E-state index is 12.4. The van der Waals surface area contributed by atoms with Crippen LogP contribution in [0.1, 0.15) is 40.5 Å². The summed E-state index contributed by atoms with van der Waals surface area (Å²) in [6.45, 7) is 2.22. The molecule has 0 unspecified atom stereocenters. The van der Waals surface area contributed by atoms with Crippen molar-refractivity contribution in [2.45, 2.75) is 19.8 Å². The Balaban J connectivity index is 1.50. The number of halogens is 1. The van der Waals surface area contributed by atoms with Gasteiger partial charge in [-0.2, -0.15) is 0 Å². The second-order valence-corrected chi connectivity index (χ2v) is 7.93. The topological polar surface area (TPSA) is 118 Å². The fourth-order valence-corrected chi connectivity index (χ4v) is 3.34. The van der Waals surface area contributed by atoms with Crippen molar-refractivity contribution < 1.29 is 18.8 Å². The highest BCUT2D eigenvalue weighted by atomic mass is 79.9. The van der Waals surface area contributed by atoms with Crippen molar-refractivity contribution in [2.24, 2.45) is 0 Å². The number of nitrogens with one attached hydrogen (secondary N) is 3. The Hall–Kier alpha value is -3.46. The zero-order valence-electron chi connectivity index (χ0n) is 17.4. The second kappa shape index (κ2) is 10.7. The first-order valence-electron chi connectivity index (χ1n) is 10.1. The van der Waals surface area contributed by atoms with Gasteiger partial charge >= 0.3 is 5.63 Å². The minimum Gasteiger partial charge on any atom is -0.422 e. The third-order valence-electron chi connectivity index (χ3n) is 4.54. The van der Waals surface area contributed by atoms with Gasteiger partial charge in [0.2, 0.25) is 5.91 Å². The molecule has 0 saturated carbocycles. The molecule has 3 rings (SSSR count). The minimum absolute atomic E-state index is 0.0754. The van der Waals surface area contributed by atoms with Gasteiger partial charge in [-0.1, -0.05) is 22.9 Å². The summed E-state index contributed by atoms with van der Waals surface area (Å²) in [7, 11) is 0. The number of benzene rings is 2. The molecule has 32 heavy (non-hydrogen) atoms. The van der Waals surface area contributed by atoms with Crippen LogP contribution in [0.15, 0.2) is 62.2 Å². The first kappa shape index (κ1) is 23.2. The van der Waals surface area contributed by atoms with Gasteiger partial charge in [-0.05, 0) is 55.0 Å². The number of hydrogen-bond acceptors (Lipinski definition) is 5. The molecule has 1 heterocycles. The van der Waals surface area contributed by atoms with Crippen molar-refractivity contribution in [3.63, 3.8) is 0 Å². The summed E-state index contributed by atoms with van der Waals surface area (Å²) in [6, 6.07) is 13.1. The Morgan fingerprint density at radius 3 is 2.31 bits per heavy atom. The summed E-state index contributed by atoms with van der Waals surface area (Å²) in [5.41, 5.74) is 0.590. The highest BCUT2D eigenvalue weighted by Gasteiger charge is 2.14. The van der Waals surface area contributed by atoms with Crippen LogP contribution in [0.25, 0.3) is 11.0 Å². The lowest BCUT2D eigenvalue weighted by Crippen LogP contribution is -2.36. The van der Waals surface area contributed by atoms with Crippen molar-refractivity contribution in [3.05, 3.63) is 74.6 Å². The summed E-state index contributed by atoms with van der Waals surface area (Å²) >= 11 is 3.34. The molecule has 1 aromatic heterocycles. The van der Waals surface area contributed by atoms with Crippen LogP contribution in [0.5, 0.6) is 0 Å². The van der Waals surface area contributed by atoms with E-state index in [1.165, 1.54) is 6.07 Å². The zero-order valence-corrected chi connectivity index (χ0v) is 19.0. The van der Waals surface area contributed by atoms with Crippen LogP contribution < -0.4 is 21.6 Å². The van der Waals surface area contributed by atoms with Gasteiger partial charge < -0.3 is 20.4 Å². The molecule has 0 aliphatic carbocycles. The molecule has 2 aromatic carbocycles. The molecule has 3 aromatic rings. The lowest BCUT2D eigenvalue weighted by atomic mass is 10.2. The molecular formula is C23H22BrN3O5. The van der Waals surface area contributed by atoms with Crippen LogP contribution in [-0.2, 0) is 4.79 Å². The van der Waals surface area contributed by atoms with Crippen molar-refractivity contribution in [1.29, 1.82) is 0 Å². The predicted octanol–water partition coefficient (Wildman–Crippen LogP) is 3.45. The van der Waals surface area contributed by atoms with E-state index in [4.69, 9.17) is 4.42 Å². The second-order valence-electron chi connectivity index (χ2n) is 7.02. The van der Waals surface area contributed by atoms with Gasteiger partial charge in [-0.25, -0.2) is 4.79 Å². The number of carbonyl (C=O) groups excluding carboxylic acids is 3. The van der Waals surface area contributed by atoms with Gasteiger partial charge in [0.05, 0.1) is 0 Å². The summed E-state index contributed by atoms with van der Waals surface area (Å²) in [4.78, 5) is 48.3. The maximum Gasteiger partial charge on any atom is 0.349 e. The summed E-state index contributed by atoms with van der Waals surface area (Å²) in [6.07, 6.45) is 1.19. The number of fused-ring (bicyclic) bond motifs is 1. The van der Waals surface area contributed by atoms with Crippen LogP contribution in [0.3, 0.4) is 0 Å². The number of carbonyl (C=O) groups is 3. The molecule has 0 saturated heterocycles. The minimum atomic E-state index is -0.729. The molecule has 3 N–H and O–H groups in total. The van der Waals surface area contributed by atoms with Crippen LogP contribution >= 0.6 is 15.9 Å². The fourth-order valence-electron chi connectivity index (χ4n) is 2.96. The van der Waals surface area contributed by atoms with Gasteiger partial charge in [0.25, 0.3) is 11.8 Å². The maximum atomic E-state index is 12.4. The van der Waals surface area contributed by atoms with Crippen LogP contribution in [0, 0.1) is 0 Å². The molecule has 0 radical (unpaired) electrons. The molecule has 9 heteroatoms. The monoisotopic (exact) mass is 499 g/mol. The SMILES string of the molecule is CCCC(=O)Nc1ccc(C(=O)NCCNC(=O)c2cc3cc(Br)ccc3oc2=O)cc1. The zero-order chi connectivity index (χ0) is 23.1. The van der Waals surface area contributed by atoms with E-state index < -0.39 is 11.5 Å². The van der Waals surface area contributed by atoms with Crippen molar-refractivity contribution in [3.8, 4) is 0 Å². The lowest BCUT2D eigenvalue weighted by molar-refractivity contribution is -0.116. The van der Waals surface area contributed by atoms with Crippen LogP contribution in [-0.4, -0.2) is 30.8 Å². The van der Waals surface area contributed by atoms with Gasteiger partial charge in [-0.15, -0.1) is 0 Å². The smallest absolute Gasteiger partial charge is 0.349 e. The number of anilines is 1. The number of hydrogen-bond donors (Lipinski definition) is 3. The molecule has 0 spiro atoms. The van der Waals surface area contributed by atoms with Crippen molar-refractivity contribution in [1.82, 2.24) is 10.6 Å². The number of amides is 3. The Labute approximate surface area is 192 Å². The van der Waals surface area contributed by atoms with E-state index in [1.807, 2.05) is 6.92 Å². The van der Waals surface area contributed by atoms with E-state index in [1.54, 1.807) is 42.5 Å². The Morgan fingerprint density at radius 1 is 0.938 bits per heavy atom. The highest BCUT2D eigenvalue weighted by Crippen LogP contribution is 2.19. The highest BCUT2D eigenvalue weighted by molar-refractivity contribution is 9.10. The summed E-state index contributed by atoms with van der Waals surface area (Å²) < 4.78 is 5.98. The fraction of sp³-hybridized carbons (Fsp3) is 0.217. The third-order valence-corrected chi connectivity index (χ3v) is 5.04. The summed E-state index contributed by atoms with van der Waals surface area (Å²) in [5, 5.41) is 8.66. The first-order chi connectivity index (χ1) is 15.4. The van der Waals surface area contributed by atoms with Crippen LogP contribution in [0.4, 0.5) is 5.69 Å². The predicted molar refractivity (Wildman–Crippen MR) is 125 cm³/mol. The average molecular weight is 500 g/mol. The third kappa shape index (κ3) is 6.04. The first-order valence-corrected chi connectivity index (χ1v) is 10.9. The molecule has 0 aliphatic heterocycles. The molecule has 0 bridgehead atoms. The van der Waals surface area contributed by atoms with Gasteiger partial charge in [0.15, 0.2) is 0 Å². The van der Waals surface area contributed by atoms with Gasteiger partial charge in [-0.3, -0.25) is 14.4 Å². The van der Waals surface area contributed by atoms with E-state index in [9.17, 15) is 19.2 Å². The van der Waals surface area contributed by atoms with Crippen LogP contribution in [0.2, 0.25) is 0 Å². The van der Waals surface area contributed by atoms with E-state index in [0.717, 1.165) is 10.9 Å². The lowest BCUT2D eigenvalue weighted by Gasteiger charge is -2.08. The normalized spacial score (nSPS) is 10.6. The molecular weight excluding hydrogens is 478 g/mol. The van der Waals surface area contributed by atoms with Gasteiger partial charge in [0, 0.05) is 40.6 Å². The Morgan fingerprint density at radius 2 is 1.62 bits per heavy atom. The standard InChI is InChI=1S/C23H22BrN3O5/c1-2-3-20(28)27-17-7-4-14(5-8-17)21(29)25-10-11-26-22(30)18-13-15-12-16(24)6-9-19(15)32-23(18)31/h4-9,12-13H,2-3,10-11H2,1H3,(H,25,29)(H,26,30)(H,27,28). The quantitative estimate of drug-likeness (QED) is 0.324. The summed E-state index contributed by atoms with van der Waals surface area (Å²) in [5.74, 6) is -0.976. The van der Waals surface area contributed by atoms with E-state index in [0.29, 0.717) is 28.6 Å². The molecule has 166 valence electrons. The molecule has 0 atom stereocenters. The van der Waals surface area contributed by atoms with Gasteiger partial charge in [0.1, 0.15) is 11.1 Å². The molecule has 8 nitrogen and oxygen atoms in total. The van der Waals surface area contributed by atoms with E-state index in [2.05, 4.69) is 31.9 Å². The largest absolute Gasteiger partial charge is 0.422 e. The molecule has 0 aliphatic rings. The van der Waals surface area contributed by atoms with Crippen molar-refractivity contribution in [2.75, 3.05) is 18.4 Å². The Bertz CT molecular complexity index is 1200. The number of rotatable bonds is 8. The molecule has 3 amide bonds.